The molecule has 1 heterocycles. The quantitative estimate of drug-likeness (QED) is 0.608. The summed E-state index contributed by atoms with van der Waals surface area (Å²) in [5, 5.41) is 4.01. The Balaban J connectivity index is 1.50. The van der Waals surface area contributed by atoms with Gasteiger partial charge >= 0.3 is 0 Å². The third kappa shape index (κ3) is 3.95. The molecule has 0 bridgehead atoms. The van der Waals surface area contributed by atoms with Gasteiger partial charge in [0.15, 0.2) is 0 Å². The highest BCUT2D eigenvalue weighted by atomic mass is 79.9. The molecule has 2 aromatic carbocycles. The van der Waals surface area contributed by atoms with Crippen LogP contribution in [0, 0.1) is 0 Å². The fraction of sp³-hybridized carbons (Fsp3) is 0.176. The van der Waals surface area contributed by atoms with Gasteiger partial charge in [0.25, 0.3) is 0 Å². The van der Waals surface area contributed by atoms with Crippen molar-refractivity contribution < 1.29 is 9.26 Å². The maximum Gasteiger partial charge on any atom is 0.227 e. The molecular weight excluding hydrogens is 344 g/mol. The third-order valence-corrected chi connectivity index (χ3v) is 3.65. The summed E-state index contributed by atoms with van der Waals surface area (Å²) < 4.78 is 11.9. The molecule has 0 aliphatic carbocycles. The second kappa shape index (κ2) is 7.22. The lowest BCUT2D eigenvalue weighted by Crippen LogP contribution is -1.99. The van der Waals surface area contributed by atoms with E-state index in [0.29, 0.717) is 24.7 Å². The van der Waals surface area contributed by atoms with Crippen molar-refractivity contribution in [1.29, 1.82) is 0 Å². The molecule has 0 fully saturated rings. The predicted octanol–water partition coefficient (Wildman–Crippen LogP) is 4.51. The first-order valence-corrected chi connectivity index (χ1v) is 7.87. The Morgan fingerprint density at radius 1 is 1.00 bits per heavy atom. The minimum Gasteiger partial charge on any atom is -0.494 e. The molecule has 0 unspecified atom stereocenters. The van der Waals surface area contributed by atoms with Crippen molar-refractivity contribution >= 4 is 15.9 Å². The Morgan fingerprint density at radius 2 is 1.77 bits per heavy atom. The number of aryl methyl sites for hydroxylation is 1. The molecule has 4 nitrogen and oxygen atoms in total. The molecule has 0 aliphatic rings. The third-order valence-electron chi connectivity index (χ3n) is 3.12. The fourth-order valence-corrected chi connectivity index (χ4v) is 2.27. The Labute approximate surface area is 137 Å². The second-order valence-electron chi connectivity index (χ2n) is 4.78. The first-order valence-electron chi connectivity index (χ1n) is 7.07. The molecule has 0 saturated heterocycles. The number of aromatic nitrogens is 2. The van der Waals surface area contributed by atoms with E-state index in [2.05, 4.69) is 26.1 Å². The molecule has 3 rings (SSSR count). The number of para-hydroxylation sites is 1. The highest BCUT2D eigenvalue weighted by Crippen LogP contribution is 2.19. The van der Waals surface area contributed by atoms with Crippen LogP contribution in [0.1, 0.15) is 12.3 Å². The Kier molecular flexibility index (Phi) is 4.85. The standard InChI is InChI=1S/C17H15BrN2O2/c18-14-10-8-13(9-11-14)17-19-16(22-20-17)7-4-12-21-15-5-2-1-3-6-15/h1-3,5-6,8-11H,4,7,12H2. The molecule has 1 aromatic heterocycles. The summed E-state index contributed by atoms with van der Waals surface area (Å²) in [6, 6.07) is 17.6. The average molecular weight is 359 g/mol. The number of benzene rings is 2. The molecule has 22 heavy (non-hydrogen) atoms. The van der Waals surface area contributed by atoms with E-state index >= 15 is 0 Å². The van der Waals surface area contributed by atoms with Gasteiger partial charge in [-0.15, -0.1) is 0 Å². The predicted molar refractivity (Wildman–Crippen MR) is 87.7 cm³/mol. The van der Waals surface area contributed by atoms with E-state index in [1.165, 1.54) is 0 Å². The van der Waals surface area contributed by atoms with Crippen LogP contribution in [0.25, 0.3) is 11.4 Å². The lowest BCUT2D eigenvalue weighted by Gasteiger charge is -2.03. The maximum absolute atomic E-state index is 5.64. The van der Waals surface area contributed by atoms with E-state index in [1.54, 1.807) is 0 Å². The van der Waals surface area contributed by atoms with Crippen molar-refractivity contribution in [2.45, 2.75) is 12.8 Å². The van der Waals surface area contributed by atoms with Gasteiger partial charge in [-0.3, -0.25) is 0 Å². The summed E-state index contributed by atoms with van der Waals surface area (Å²) >= 11 is 3.41. The second-order valence-corrected chi connectivity index (χ2v) is 5.70. The van der Waals surface area contributed by atoms with Crippen molar-refractivity contribution in [3.05, 3.63) is 65.0 Å². The summed E-state index contributed by atoms with van der Waals surface area (Å²) in [5.41, 5.74) is 0.943. The molecule has 3 aromatic rings. The van der Waals surface area contributed by atoms with E-state index in [9.17, 15) is 0 Å². The summed E-state index contributed by atoms with van der Waals surface area (Å²) in [4.78, 5) is 4.41. The molecule has 0 atom stereocenters. The summed E-state index contributed by atoms with van der Waals surface area (Å²) in [6.07, 6.45) is 1.53. The van der Waals surface area contributed by atoms with Crippen molar-refractivity contribution in [1.82, 2.24) is 10.1 Å². The van der Waals surface area contributed by atoms with Crippen molar-refractivity contribution in [2.24, 2.45) is 0 Å². The first-order chi connectivity index (χ1) is 10.8. The molecular formula is C17H15BrN2O2. The van der Waals surface area contributed by atoms with Crippen LogP contribution < -0.4 is 4.74 Å². The Hall–Kier alpha value is -2.14. The highest BCUT2D eigenvalue weighted by Gasteiger charge is 2.08. The highest BCUT2D eigenvalue weighted by molar-refractivity contribution is 9.10. The molecule has 0 aliphatic heterocycles. The summed E-state index contributed by atoms with van der Waals surface area (Å²) in [5.74, 6) is 2.13. The van der Waals surface area contributed by atoms with Crippen LogP contribution in [0.15, 0.2) is 63.6 Å². The number of nitrogens with zero attached hydrogens (tertiary/aromatic N) is 2. The number of ether oxygens (including phenoxy) is 1. The van der Waals surface area contributed by atoms with Gasteiger partial charge in [-0.2, -0.15) is 4.98 Å². The van der Waals surface area contributed by atoms with Crippen LogP contribution in [0.3, 0.4) is 0 Å². The van der Waals surface area contributed by atoms with Gasteiger partial charge in [-0.05, 0) is 42.8 Å². The molecule has 0 N–H and O–H groups in total. The van der Waals surface area contributed by atoms with Crippen molar-refractivity contribution in [3.63, 3.8) is 0 Å². The SMILES string of the molecule is Brc1ccc(-c2noc(CCCOc3ccccc3)n2)cc1. The zero-order chi connectivity index (χ0) is 15.2. The van der Waals surface area contributed by atoms with Gasteiger partial charge in [0.2, 0.25) is 11.7 Å². The summed E-state index contributed by atoms with van der Waals surface area (Å²) in [7, 11) is 0. The first kappa shape index (κ1) is 14.8. The normalized spacial score (nSPS) is 10.6. The Bertz CT molecular complexity index is 711. The van der Waals surface area contributed by atoms with Crippen molar-refractivity contribution in [3.8, 4) is 17.1 Å². The van der Waals surface area contributed by atoms with Gasteiger partial charge in [-0.25, -0.2) is 0 Å². The van der Waals surface area contributed by atoms with Gasteiger partial charge in [0, 0.05) is 16.5 Å². The monoisotopic (exact) mass is 358 g/mol. The lowest BCUT2D eigenvalue weighted by atomic mass is 10.2. The van der Waals surface area contributed by atoms with E-state index < -0.39 is 0 Å². The van der Waals surface area contributed by atoms with Gasteiger partial charge in [-0.1, -0.05) is 39.3 Å². The van der Waals surface area contributed by atoms with Crippen LogP contribution in [-0.4, -0.2) is 16.7 Å². The van der Waals surface area contributed by atoms with E-state index in [1.807, 2.05) is 54.6 Å². The van der Waals surface area contributed by atoms with E-state index in [-0.39, 0.29) is 0 Å². The van der Waals surface area contributed by atoms with Crippen LogP contribution >= 0.6 is 15.9 Å². The molecule has 0 amide bonds. The van der Waals surface area contributed by atoms with E-state index in [4.69, 9.17) is 9.26 Å². The van der Waals surface area contributed by atoms with Crippen LogP contribution in [0.2, 0.25) is 0 Å². The van der Waals surface area contributed by atoms with Crippen LogP contribution in [0.4, 0.5) is 0 Å². The van der Waals surface area contributed by atoms with Crippen LogP contribution in [0.5, 0.6) is 5.75 Å². The zero-order valence-corrected chi connectivity index (χ0v) is 13.5. The van der Waals surface area contributed by atoms with Crippen molar-refractivity contribution in [2.75, 3.05) is 6.61 Å². The van der Waals surface area contributed by atoms with Gasteiger partial charge in [0.05, 0.1) is 6.61 Å². The fourth-order valence-electron chi connectivity index (χ4n) is 2.00. The smallest absolute Gasteiger partial charge is 0.227 e. The number of hydrogen-bond donors (Lipinski definition) is 0. The minimum absolute atomic E-state index is 0.617. The van der Waals surface area contributed by atoms with Gasteiger partial charge in [0.1, 0.15) is 5.75 Å². The zero-order valence-electron chi connectivity index (χ0n) is 11.9. The molecule has 112 valence electrons. The minimum atomic E-state index is 0.617. The summed E-state index contributed by atoms with van der Waals surface area (Å²) in [6.45, 7) is 0.625. The number of halogens is 1. The largest absolute Gasteiger partial charge is 0.494 e. The Morgan fingerprint density at radius 3 is 2.55 bits per heavy atom. The maximum atomic E-state index is 5.64. The molecule has 5 heteroatoms. The number of rotatable bonds is 6. The van der Waals surface area contributed by atoms with Gasteiger partial charge < -0.3 is 9.26 Å². The molecule has 0 radical (unpaired) electrons. The average Bonchev–Trinajstić information content (AvgIpc) is 3.02. The molecule has 0 spiro atoms. The number of hydrogen-bond acceptors (Lipinski definition) is 4. The topological polar surface area (TPSA) is 48.2 Å². The van der Waals surface area contributed by atoms with Crippen LogP contribution in [-0.2, 0) is 6.42 Å². The molecule has 0 saturated carbocycles. The van der Waals surface area contributed by atoms with E-state index in [0.717, 1.165) is 22.2 Å². The lowest BCUT2D eigenvalue weighted by molar-refractivity contribution is 0.298.